The molecular formula is C14H19N3OS. The Hall–Kier alpha value is -1.75. The van der Waals surface area contributed by atoms with Crippen molar-refractivity contribution >= 4 is 22.8 Å². The highest BCUT2D eigenvalue weighted by atomic mass is 32.1. The highest BCUT2D eigenvalue weighted by molar-refractivity contribution is 7.09. The van der Waals surface area contributed by atoms with Gasteiger partial charge in [0.05, 0.1) is 19.3 Å². The molecule has 5 heteroatoms. The van der Waals surface area contributed by atoms with Gasteiger partial charge in [0.2, 0.25) is 5.88 Å². The second-order valence-corrected chi connectivity index (χ2v) is 5.60. The fraction of sp³-hybridized carbons (Fsp3) is 0.357. The topological polar surface area (TPSA) is 51.4 Å². The number of nitrogens with zero attached hydrogens (tertiary/aromatic N) is 2. The van der Waals surface area contributed by atoms with E-state index in [-0.39, 0.29) is 0 Å². The number of hydrogen-bond donors (Lipinski definition) is 1. The number of thiophene rings is 1. The largest absolute Gasteiger partial charge is 0.479 e. The zero-order valence-electron chi connectivity index (χ0n) is 11.5. The van der Waals surface area contributed by atoms with Crippen molar-refractivity contribution in [1.82, 2.24) is 4.98 Å². The molecule has 2 aromatic rings. The van der Waals surface area contributed by atoms with Gasteiger partial charge in [-0.1, -0.05) is 6.07 Å². The molecule has 0 saturated carbocycles. The third-order valence-corrected chi connectivity index (χ3v) is 3.75. The maximum absolute atomic E-state index is 5.81. The number of hydrogen-bond acceptors (Lipinski definition) is 5. The standard InChI is InChI=1S/C14H19N3OS/c1-10(2)17(9-11-5-4-8-19-11)13-7-6-12(15)14(16-13)18-3/h4-8,10H,9,15H2,1-3H3. The Kier molecular flexibility index (Phi) is 4.27. The lowest BCUT2D eigenvalue weighted by molar-refractivity contribution is 0.400. The summed E-state index contributed by atoms with van der Waals surface area (Å²) in [6, 6.07) is 8.32. The van der Waals surface area contributed by atoms with Crippen molar-refractivity contribution in [2.45, 2.75) is 26.4 Å². The molecule has 0 radical (unpaired) electrons. The first-order valence-corrected chi connectivity index (χ1v) is 7.09. The molecule has 2 rings (SSSR count). The summed E-state index contributed by atoms with van der Waals surface area (Å²) in [7, 11) is 1.58. The van der Waals surface area contributed by atoms with Gasteiger partial charge in [-0.05, 0) is 37.4 Å². The Bertz CT molecular complexity index is 525. The summed E-state index contributed by atoms with van der Waals surface area (Å²) in [6.07, 6.45) is 0. The lowest BCUT2D eigenvalue weighted by atomic mass is 10.2. The van der Waals surface area contributed by atoms with Gasteiger partial charge in [0, 0.05) is 10.9 Å². The Morgan fingerprint density at radius 3 is 2.74 bits per heavy atom. The third-order valence-electron chi connectivity index (χ3n) is 2.89. The van der Waals surface area contributed by atoms with Gasteiger partial charge in [0.1, 0.15) is 5.82 Å². The number of anilines is 2. The van der Waals surface area contributed by atoms with Crippen LogP contribution in [-0.4, -0.2) is 18.1 Å². The summed E-state index contributed by atoms with van der Waals surface area (Å²) >= 11 is 1.75. The van der Waals surface area contributed by atoms with Crippen molar-refractivity contribution in [3.05, 3.63) is 34.5 Å². The monoisotopic (exact) mass is 277 g/mol. The number of nitrogen functional groups attached to an aromatic ring is 1. The van der Waals surface area contributed by atoms with E-state index in [1.54, 1.807) is 18.4 Å². The average molecular weight is 277 g/mol. The smallest absolute Gasteiger partial charge is 0.238 e. The summed E-state index contributed by atoms with van der Waals surface area (Å²) in [5.74, 6) is 1.36. The highest BCUT2D eigenvalue weighted by Crippen LogP contribution is 2.26. The molecule has 2 heterocycles. The van der Waals surface area contributed by atoms with E-state index in [4.69, 9.17) is 10.5 Å². The van der Waals surface area contributed by atoms with Crippen LogP contribution in [0.2, 0.25) is 0 Å². The van der Waals surface area contributed by atoms with Crippen molar-refractivity contribution in [1.29, 1.82) is 0 Å². The summed E-state index contributed by atoms with van der Waals surface area (Å²) in [5, 5.41) is 2.09. The molecule has 0 bridgehead atoms. The minimum absolute atomic E-state index is 0.350. The van der Waals surface area contributed by atoms with Crippen LogP contribution in [-0.2, 0) is 6.54 Å². The van der Waals surface area contributed by atoms with Gasteiger partial charge < -0.3 is 15.4 Å². The quantitative estimate of drug-likeness (QED) is 0.912. The molecule has 0 unspecified atom stereocenters. The number of ether oxygens (including phenoxy) is 1. The first-order chi connectivity index (χ1) is 9.11. The number of pyridine rings is 1. The molecule has 2 aromatic heterocycles. The number of nitrogens with two attached hydrogens (primary N) is 1. The van der Waals surface area contributed by atoms with Gasteiger partial charge in [-0.25, -0.2) is 0 Å². The van der Waals surface area contributed by atoms with E-state index >= 15 is 0 Å². The molecular weight excluding hydrogens is 258 g/mol. The molecule has 2 N–H and O–H groups in total. The number of rotatable bonds is 5. The van der Waals surface area contributed by atoms with Crippen molar-refractivity contribution < 1.29 is 4.74 Å². The zero-order valence-corrected chi connectivity index (χ0v) is 12.3. The van der Waals surface area contributed by atoms with Crippen LogP contribution in [0.5, 0.6) is 5.88 Å². The Morgan fingerprint density at radius 2 is 2.16 bits per heavy atom. The minimum Gasteiger partial charge on any atom is -0.479 e. The van der Waals surface area contributed by atoms with Crippen LogP contribution < -0.4 is 15.4 Å². The molecule has 0 aromatic carbocycles. The Morgan fingerprint density at radius 1 is 1.37 bits per heavy atom. The fourth-order valence-electron chi connectivity index (χ4n) is 1.86. The van der Waals surface area contributed by atoms with Crippen LogP contribution in [0.15, 0.2) is 29.6 Å². The molecule has 0 atom stereocenters. The van der Waals surface area contributed by atoms with E-state index in [1.807, 2.05) is 12.1 Å². The van der Waals surface area contributed by atoms with Crippen LogP contribution in [0.3, 0.4) is 0 Å². The van der Waals surface area contributed by atoms with E-state index < -0.39 is 0 Å². The lowest BCUT2D eigenvalue weighted by Crippen LogP contribution is -2.30. The van der Waals surface area contributed by atoms with Gasteiger partial charge in [-0.2, -0.15) is 4.98 Å². The molecule has 0 fully saturated rings. The van der Waals surface area contributed by atoms with Crippen molar-refractivity contribution in [3.63, 3.8) is 0 Å². The normalized spacial score (nSPS) is 10.7. The van der Waals surface area contributed by atoms with E-state index in [1.165, 1.54) is 4.88 Å². The number of methoxy groups -OCH3 is 1. The van der Waals surface area contributed by atoms with E-state index in [2.05, 4.69) is 41.2 Å². The molecule has 0 saturated heterocycles. The van der Waals surface area contributed by atoms with Crippen LogP contribution >= 0.6 is 11.3 Å². The first-order valence-electron chi connectivity index (χ1n) is 6.21. The first kappa shape index (κ1) is 13.7. The Labute approximate surface area is 117 Å². The third kappa shape index (κ3) is 3.17. The fourth-order valence-corrected chi connectivity index (χ4v) is 2.57. The van der Waals surface area contributed by atoms with E-state index in [0.717, 1.165) is 12.4 Å². The maximum Gasteiger partial charge on any atom is 0.238 e. The number of aromatic nitrogens is 1. The average Bonchev–Trinajstić information content (AvgIpc) is 2.89. The molecule has 0 aliphatic rings. The second-order valence-electron chi connectivity index (χ2n) is 4.57. The Balaban J connectivity index is 2.28. The van der Waals surface area contributed by atoms with Gasteiger partial charge in [-0.3, -0.25) is 0 Å². The van der Waals surface area contributed by atoms with Crippen LogP contribution in [0.4, 0.5) is 11.5 Å². The van der Waals surface area contributed by atoms with Crippen LogP contribution in [0.25, 0.3) is 0 Å². The summed E-state index contributed by atoms with van der Waals surface area (Å²) in [4.78, 5) is 8.02. The molecule has 0 aliphatic heterocycles. The van der Waals surface area contributed by atoms with Crippen molar-refractivity contribution in [3.8, 4) is 5.88 Å². The van der Waals surface area contributed by atoms with E-state index in [9.17, 15) is 0 Å². The molecule has 0 spiro atoms. The predicted molar refractivity (Wildman–Crippen MR) is 80.8 cm³/mol. The van der Waals surface area contributed by atoms with Crippen molar-refractivity contribution in [2.24, 2.45) is 0 Å². The van der Waals surface area contributed by atoms with Gasteiger partial charge in [0.15, 0.2) is 0 Å². The van der Waals surface area contributed by atoms with Gasteiger partial charge in [-0.15, -0.1) is 11.3 Å². The van der Waals surface area contributed by atoms with Gasteiger partial charge >= 0.3 is 0 Å². The molecule has 4 nitrogen and oxygen atoms in total. The van der Waals surface area contributed by atoms with Crippen LogP contribution in [0, 0.1) is 0 Å². The minimum atomic E-state index is 0.350. The van der Waals surface area contributed by atoms with Crippen LogP contribution in [0.1, 0.15) is 18.7 Å². The maximum atomic E-state index is 5.81. The van der Waals surface area contributed by atoms with E-state index in [0.29, 0.717) is 17.6 Å². The molecule has 19 heavy (non-hydrogen) atoms. The molecule has 0 aliphatic carbocycles. The predicted octanol–water partition coefficient (Wildman–Crippen LogP) is 3.15. The molecule has 0 amide bonds. The van der Waals surface area contributed by atoms with Crippen molar-refractivity contribution in [2.75, 3.05) is 17.7 Å². The van der Waals surface area contributed by atoms with Gasteiger partial charge in [0.25, 0.3) is 0 Å². The summed E-state index contributed by atoms with van der Waals surface area (Å²) < 4.78 is 5.19. The summed E-state index contributed by atoms with van der Waals surface area (Å²) in [6.45, 7) is 5.14. The lowest BCUT2D eigenvalue weighted by Gasteiger charge is -2.27. The second kappa shape index (κ2) is 5.93. The summed E-state index contributed by atoms with van der Waals surface area (Å²) in [5.41, 5.74) is 6.37. The SMILES string of the molecule is COc1nc(N(Cc2cccs2)C(C)C)ccc1N. The zero-order chi connectivity index (χ0) is 13.8. The molecule has 102 valence electrons. The highest BCUT2D eigenvalue weighted by Gasteiger charge is 2.15.